The highest BCUT2D eigenvalue weighted by molar-refractivity contribution is 7.17. The first-order chi connectivity index (χ1) is 8.49. The molecule has 0 aliphatic carbocycles. The maximum absolute atomic E-state index is 10.8. The number of aromatic carboxylic acids is 1. The lowest BCUT2D eigenvalue weighted by Gasteiger charge is -2.18. The Morgan fingerprint density at radius 3 is 2.67 bits per heavy atom. The monoisotopic (exact) mass is 262 g/mol. The molecule has 1 heterocycles. The van der Waals surface area contributed by atoms with Crippen LogP contribution in [-0.2, 0) is 0 Å². The third-order valence-corrected chi connectivity index (χ3v) is 3.77. The second-order valence-electron chi connectivity index (χ2n) is 4.16. The molecule has 1 aromatic carbocycles. The predicted molar refractivity (Wildman–Crippen MR) is 73.1 cm³/mol. The normalized spacial score (nSPS) is 10.4. The number of aryl methyl sites for hydroxylation is 2. The Morgan fingerprint density at radius 2 is 2.11 bits per heavy atom. The van der Waals surface area contributed by atoms with Gasteiger partial charge in [-0.2, -0.15) is 0 Å². The Hall–Kier alpha value is -1.88. The number of hydrogen-bond donors (Lipinski definition) is 1. The number of aromatic nitrogens is 1. The van der Waals surface area contributed by atoms with Gasteiger partial charge >= 0.3 is 5.97 Å². The second-order valence-corrected chi connectivity index (χ2v) is 5.17. The second kappa shape index (κ2) is 4.78. The number of rotatable bonds is 3. The van der Waals surface area contributed by atoms with Crippen LogP contribution in [0, 0.1) is 13.8 Å². The molecule has 0 spiro atoms. The molecule has 2 rings (SSSR count). The van der Waals surface area contributed by atoms with E-state index in [1.807, 2.05) is 37.9 Å². The number of nitrogens with zero attached hydrogens (tertiary/aromatic N) is 2. The van der Waals surface area contributed by atoms with Gasteiger partial charge in [-0.15, -0.1) is 0 Å². The summed E-state index contributed by atoms with van der Waals surface area (Å²) in [5.41, 5.74) is 3.38. The van der Waals surface area contributed by atoms with Crippen molar-refractivity contribution in [2.24, 2.45) is 0 Å². The van der Waals surface area contributed by atoms with E-state index in [2.05, 4.69) is 11.1 Å². The molecule has 2 aromatic rings. The van der Waals surface area contributed by atoms with E-state index in [1.54, 1.807) is 0 Å². The SMILES string of the molecule is Cc1ccc(N(C)c2ncc(C(=O)O)s2)c(C)c1. The first-order valence-electron chi connectivity index (χ1n) is 5.49. The summed E-state index contributed by atoms with van der Waals surface area (Å²) in [6.45, 7) is 4.08. The number of carboxylic acid groups (broad SMARTS) is 1. The molecule has 4 nitrogen and oxygen atoms in total. The molecule has 0 unspecified atom stereocenters. The fourth-order valence-corrected chi connectivity index (χ4v) is 2.53. The summed E-state index contributed by atoms with van der Waals surface area (Å²) in [5.74, 6) is -0.937. The Labute approximate surface area is 110 Å². The van der Waals surface area contributed by atoms with Gasteiger partial charge in [0.1, 0.15) is 4.88 Å². The van der Waals surface area contributed by atoms with Gasteiger partial charge in [-0.1, -0.05) is 29.0 Å². The van der Waals surface area contributed by atoms with E-state index in [4.69, 9.17) is 5.11 Å². The molecule has 18 heavy (non-hydrogen) atoms. The molecule has 0 aliphatic rings. The van der Waals surface area contributed by atoms with Gasteiger partial charge in [-0.25, -0.2) is 9.78 Å². The third-order valence-electron chi connectivity index (χ3n) is 2.70. The Bertz CT molecular complexity index is 592. The largest absolute Gasteiger partial charge is 0.477 e. The van der Waals surface area contributed by atoms with Gasteiger partial charge in [0, 0.05) is 12.7 Å². The van der Waals surface area contributed by atoms with E-state index >= 15 is 0 Å². The molecular weight excluding hydrogens is 248 g/mol. The molecule has 0 saturated carbocycles. The number of hydrogen-bond acceptors (Lipinski definition) is 4. The van der Waals surface area contributed by atoms with Crippen LogP contribution in [0.3, 0.4) is 0 Å². The molecule has 0 aliphatic heterocycles. The molecule has 0 fully saturated rings. The summed E-state index contributed by atoms with van der Waals surface area (Å²) < 4.78 is 0. The van der Waals surface area contributed by atoms with Crippen molar-refractivity contribution < 1.29 is 9.90 Å². The van der Waals surface area contributed by atoms with Gasteiger partial charge in [-0.3, -0.25) is 0 Å². The number of carboxylic acids is 1. The minimum atomic E-state index is -0.937. The van der Waals surface area contributed by atoms with Gasteiger partial charge in [0.05, 0.1) is 6.20 Å². The molecule has 0 bridgehead atoms. The van der Waals surface area contributed by atoms with Crippen LogP contribution < -0.4 is 4.90 Å². The highest BCUT2D eigenvalue weighted by atomic mass is 32.1. The first-order valence-corrected chi connectivity index (χ1v) is 6.31. The van der Waals surface area contributed by atoms with Crippen molar-refractivity contribution in [1.29, 1.82) is 0 Å². The van der Waals surface area contributed by atoms with Gasteiger partial charge in [-0.05, 0) is 25.5 Å². The molecule has 0 amide bonds. The van der Waals surface area contributed by atoms with E-state index < -0.39 is 5.97 Å². The lowest BCUT2D eigenvalue weighted by Crippen LogP contribution is -2.10. The lowest BCUT2D eigenvalue weighted by molar-refractivity contribution is 0.0702. The number of anilines is 2. The zero-order valence-corrected chi connectivity index (χ0v) is 11.3. The van der Waals surface area contributed by atoms with E-state index in [1.165, 1.54) is 23.1 Å². The average Bonchev–Trinajstić information content (AvgIpc) is 2.77. The van der Waals surface area contributed by atoms with Gasteiger partial charge < -0.3 is 10.0 Å². The van der Waals surface area contributed by atoms with Crippen molar-refractivity contribution in [1.82, 2.24) is 4.98 Å². The zero-order valence-electron chi connectivity index (χ0n) is 10.5. The van der Waals surface area contributed by atoms with Crippen molar-refractivity contribution in [3.63, 3.8) is 0 Å². The minimum Gasteiger partial charge on any atom is -0.477 e. The Morgan fingerprint density at radius 1 is 1.39 bits per heavy atom. The zero-order chi connectivity index (χ0) is 13.3. The Balaban J connectivity index is 2.35. The van der Waals surface area contributed by atoms with Crippen LogP contribution >= 0.6 is 11.3 Å². The highest BCUT2D eigenvalue weighted by Gasteiger charge is 2.14. The van der Waals surface area contributed by atoms with Crippen LogP contribution in [0.15, 0.2) is 24.4 Å². The fraction of sp³-hybridized carbons (Fsp3) is 0.231. The maximum Gasteiger partial charge on any atom is 0.347 e. The summed E-state index contributed by atoms with van der Waals surface area (Å²) in [5, 5.41) is 9.57. The highest BCUT2D eigenvalue weighted by Crippen LogP contribution is 2.30. The van der Waals surface area contributed by atoms with Crippen molar-refractivity contribution in [3.8, 4) is 0 Å². The fourth-order valence-electron chi connectivity index (χ4n) is 1.80. The minimum absolute atomic E-state index is 0.251. The van der Waals surface area contributed by atoms with E-state index in [0.29, 0.717) is 5.13 Å². The van der Waals surface area contributed by atoms with Crippen molar-refractivity contribution >= 4 is 28.1 Å². The van der Waals surface area contributed by atoms with Crippen LogP contribution in [0.1, 0.15) is 20.8 Å². The maximum atomic E-state index is 10.8. The van der Waals surface area contributed by atoms with Gasteiger partial charge in [0.25, 0.3) is 0 Å². The molecule has 0 atom stereocenters. The lowest BCUT2D eigenvalue weighted by atomic mass is 10.1. The number of benzene rings is 1. The molecular formula is C13H14N2O2S. The van der Waals surface area contributed by atoms with Crippen LogP contribution in [0.25, 0.3) is 0 Å². The topological polar surface area (TPSA) is 53.4 Å². The van der Waals surface area contributed by atoms with E-state index in [9.17, 15) is 4.79 Å². The quantitative estimate of drug-likeness (QED) is 0.922. The standard InChI is InChI=1S/C13H14N2O2S/c1-8-4-5-10(9(2)6-8)15(3)13-14-7-11(18-13)12(16)17/h4-7H,1-3H3,(H,16,17). The van der Waals surface area contributed by atoms with Gasteiger partial charge in [0.15, 0.2) is 5.13 Å². The third kappa shape index (κ3) is 2.36. The molecule has 0 radical (unpaired) electrons. The van der Waals surface area contributed by atoms with Crippen LogP contribution in [-0.4, -0.2) is 23.1 Å². The van der Waals surface area contributed by atoms with Gasteiger partial charge in [0.2, 0.25) is 0 Å². The molecule has 1 N–H and O–H groups in total. The molecule has 94 valence electrons. The van der Waals surface area contributed by atoms with Crippen molar-refractivity contribution in [2.75, 3.05) is 11.9 Å². The van der Waals surface area contributed by atoms with Crippen molar-refractivity contribution in [2.45, 2.75) is 13.8 Å². The Kier molecular flexibility index (Phi) is 3.34. The van der Waals surface area contributed by atoms with Crippen molar-refractivity contribution in [3.05, 3.63) is 40.4 Å². The summed E-state index contributed by atoms with van der Waals surface area (Å²) in [6.07, 6.45) is 1.39. The van der Waals surface area contributed by atoms with Crippen LogP contribution in [0.4, 0.5) is 10.8 Å². The van der Waals surface area contributed by atoms with Crippen LogP contribution in [0.2, 0.25) is 0 Å². The first kappa shape index (κ1) is 12.6. The summed E-state index contributed by atoms with van der Waals surface area (Å²) >= 11 is 1.17. The summed E-state index contributed by atoms with van der Waals surface area (Å²) in [4.78, 5) is 17.1. The summed E-state index contributed by atoms with van der Waals surface area (Å²) in [7, 11) is 1.89. The summed E-state index contributed by atoms with van der Waals surface area (Å²) in [6, 6.07) is 6.15. The average molecular weight is 262 g/mol. The smallest absolute Gasteiger partial charge is 0.347 e. The molecule has 0 saturated heterocycles. The van der Waals surface area contributed by atoms with Crippen LogP contribution in [0.5, 0.6) is 0 Å². The number of carbonyl (C=O) groups is 1. The molecule has 1 aromatic heterocycles. The number of thiazole rings is 1. The van der Waals surface area contributed by atoms with E-state index in [0.717, 1.165) is 11.3 Å². The molecule has 5 heteroatoms. The predicted octanol–water partition coefficient (Wildman–Crippen LogP) is 3.23. The van der Waals surface area contributed by atoms with E-state index in [-0.39, 0.29) is 4.88 Å².